The van der Waals surface area contributed by atoms with Gasteiger partial charge in [-0.25, -0.2) is 0 Å². The van der Waals surface area contributed by atoms with Crippen LogP contribution in [-0.2, 0) is 13.2 Å². The lowest BCUT2D eigenvalue weighted by Gasteiger charge is -2.32. The summed E-state index contributed by atoms with van der Waals surface area (Å²) in [6, 6.07) is 12.2. The van der Waals surface area contributed by atoms with Crippen LogP contribution in [0.3, 0.4) is 0 Å². The molecule has 0 amide bonds. The molecule has 1 heterocycles. The van der Waals surface area contributed by atoms with Crippen molar-refractivity contribution >= 4 is 0 Å². The molecular formula is C19H27N3O. The fraction of sp³-hybridized carbons (Fsp3) is 0.421. The highest BCUT2D eigenvalue weighted by Crippen LogP contribution is 2.14. The summed E-state index contributed by atoms with van der Waals surface area (Å²) in [6.45, 7) is 6.84. The number of pyridine rings is 1. The van der Waals surface area contributed by atoms with Crippen LogP contribution in [0.2, 0.25) is 0 Å². The SMILES string of the molecule is CN(C)C(C)(C)CNCc1ccc(OCc2ccncc2)cc1. The minimum Gasteiger partial charge on any atom is -0.489 e. The van der Waals surface area contributed by atoms with Gasteiger partial charge in [-0.15, -0.1) is 0 Å². The predicted octanol–water partition coefficient (Wildman–Crippen LogP) is 3.09. The van der Waals surface area contributed by atoms with E-state index in [1.54, 1.807) is 12.4 Å². The van der Waals surface area contributed by atoms with Crippen molar-refractivity contribution in [2.24, 2.45) is 0 Å². The first-order valence-electron chi connectivity index (χ1n) is 7.96. The van der Waals surface area contributed by atoms with Crippen molar-refractivity contribution in [3.8, 4) is 5.75 Å². The van der Waals surface area contributed by atoms with Gasteiger partial charge < -0.3 is 15.0 Å². The number of hydrogen-bond acceptors (Lipinski definition) is 4. The number of rotatable bonds is 8. The highest BCUT2D eigenvalue weighted by atomic mass is 16.5. The molecule has 4 heteroatoms. The highest BCUT2D eigenvalue weighted by Gasteiger charge is 2.19. The van der Waals surface area contributed by atoms with Gasteiger partial charge in [0.1, 0.15) is 12.4 Å². The van der Waals surface area contributed by atoms with Gasteiger partial charge in [-0.2, -0.15) is 0 Å². The zero-order valence-electron chi connectivity index (χ0n) is 14.5. The summed E-state index contributed by atoms with van der Waals surface area (Å²) in [5.41, 5.74) is 2.53. The van der Waals surface area contributed by atoms with Crippen LogP contribution in [0.25, 0.3) is 0 Å². The molecule has 1 N–H and O–H groups in total. The average molecular weight is 313 g/mol. The third kappa shape index (κ3) is 5.66. The molecule has 124 valence electrons. The average Bonchev–Trinajstić information content (AvgIpc) is 2.55. The van der Waals surface area contributed by atoms with E-state index in [1.165, 1.54) is 5.56 Å². The van der Waals surface area contributed by atoms with E-state index in [-0.39, 0.29) is 5.54 Å². The van der Waals surface area contributed by atoms with E-state index >= 15 is 0 Å². The first-order chi connectivity index (χ1) is 11.0. The smallest absolute Gasteiger partial charge is 0.119 e. The van der Waals surface area contributed by atoms with E-state index in [0.29, 0.717) is 6.61 Å². The number of nitrogens with one attached hydrogen (secondary N) is 1. The maximum atomic E-state index is 5.78. The molecule has 0 aliphatic heterocycles. The van der Waals surface area contributed by atoms with Crippen LogP contribution < -0.4 is 10.1 Å². The molecule has 0 saturated carbocycles. The van der Waals surface area contributed by atoms with E-state index in [1.807, 2.05) is 24.3 Å². The molecule has 0 unspecified atom stereocenters. The Morgan fingerprint density at radius 2 is 1.65 bits per heavy atom. The fourth-order valence-corrected chi connectivity index (χ4v) is 2.02. The number of ether oxygens (including phenoxy) is 1. The van der Waals surface area contributed by atoms with Crippen molar-refractivity contribution < 1.29 is 4.74 Å². The van der Waals surface area contributed by atoms with Gasteiger partial charge in [0.15, 0.2) is 0 Å². The summed E-state index contributed by atoms with van der Waals surface area (Å²) >= 11 is 0. The number of benzene rings is 1. The predicted molar refractivity (Wildman–Crippen MR) is 94.5 cm³/mol. The van der Waals surface area contributed by atoms with E-state index in [0.717, 1.165) is 24.4 Å². The number of hydrogen-bond donors (Lipinski definition) is 1. The molecule has 0 spiro atoms. The van der Waals surface area contributed by atoms with Gasteiger partial charge in [-0.3, -0.25) is 4.98 Å². The molecule has 0 radical (unpaired) electrons. The first-order valence-corrected chi connectivity index (χ1v) is 7.96. The molecular weight excluding hydrogens is 286 g/mol. The molecule has 4 nitrogen and oxygen atoms in total. The second-order valence-electron chi connectivity index (χ2n) is 6.60. The lowest BCUT2D eigenvalue weighted by atomic mass is 10.0. The summed E-state index contributed by atoms with van der Waals surface area (Å²) < 4.78 is 5.78. The van der Waals surface area contributed by atoms with Crippen LogP contribution >= 0.6 is 0 Å². The van der Waals surface area contributed by atoms with Crippen molar-refractivity contribution in [2.75, 3.05) is 20.6 Å². The summed E-state index contributed by atoms with van der Waals surface area (Å²) in [5.74, 6) is 0.888. The van der Waals surface area contributed by atoms with E-state index in [2.05, 4.69) is 55.3 Å². The zero-order chi connectivity index (χ0) is 16.7. The molecule has 0 fully saturated rings. The number of nitrogens with zero attached hydrogens (tertiary/aromatic N) is 2. The summed E-state index contributed by atoms with van der Waals surface area (Å²) in [6.07, 6.45) is 3.56. The minimum absolute atomic E-state index is 0.146. The van der Waals surface area contributed by atoms with Crippen molar-refractivity contribution in [3.63, 3.8) is 0 Å². The number of aromatic nitrogens is 1. The largest absolute Gasteiger partial charge is 0.489 e. The van der Waals surface area contributed by atoms with Crippen LogP contribution in [0, 0.1) is 0 Å². The lowest BCUT2D eigenvalue weighted by molar-refractivity contribution is 0.190. The van der Waals surface area contributed by atoms with E-state index < -0.39 is 0 Å². The molecule has 0 saturated heterocycles. The topological polar surface area (TPSA) is 37.4 Å². The molecule has 0 aliphatic rings. The molecule has 1 aromatic carbocycles. The van der Waals surface area contributed by atoms with Crippen LogP contribution in [0.1, 0.15) is 25.0 Å². The Balaban J connectivity index is 1.78. The fourth-order valence-electron chi connectivity index (χ4n) is 2.02. The van der Waals surface area contributed by atoms with E-state index in [4.69, 9.17) is 4.74 Å². The molecule has 2 rings (SSSR count). The van der Waals surface area contributed by atoms with Gasteiger partial charge in [-0.05, 0) is 63.3 Å². The van der Waals surface area contributed by atoms with Crippen LogP contribution in [-0.4, -0.2) is 36.1 Å². The van der Waals surface area contributed by atoms with Crippen LogP contribution in [0.4, 0.5) is 0 Å². The van der Waals surface area contributed by atoms with Crippen molar-refractivity contribution in [3.05, 3.63) is 59.9 Å². The third-order valence-electron chi connectivity index (χ3n) is 4.18. The lowest BCUT2D eigenvalue weighted by Crippen LogP contribution is -2.46. The normalized spacial score (nSPS) is 11.7. The molecule has 0 atom stereocenters. The second-order valence-corrected chi connectivity index (χ2v) is 6.60. The Kier molecular flexibility index (Phi) is 6.13. The molecule has 2 aromatic rings. The summed E-state index contributed by atoms with van der Waals surface area (Å²) in [7, 11) is 4.22. The first kappa shape index (κ1) is 17.4. The maximum Gasteiger partial charge on any atom is 0.119 e. The number of likely N-dealkylation sites (N-methyl/N-ethyl adjacent to an activating group) is 1. The Bertz CT molecular complexity index is 579. The molecule has 23 heavy (non-hydrogen) atoms. The van der Waals surface area contributed by atoms with Gasteiger partial charge in [0, 0.05) is 31.0 Å². The monoisotopic (exact) mass is 313 g/mol. The van der Waals surface area contributed by atoms with Crippen molar-refractivity contribution in [1.82, 2.24) is 15.2 Å². The second kappa shape index (κ2) is 8.09. The van der Waals surface area contributed by atoms with Gasteiger partial charge in [0.05, 0.1) is 0 Å². The summed E-state index contributed by atoms with van der Waals surface area (Å²) in [5, 5.41) is 3.51. The standard InChI is InChI=1S/C19H27N3O/c1-19(2,22(3)4)15-21-13-16-5-7-18(8-6-16)23-14-17-9-11-20-12-10-17/h5-12,21H,13-15H2,1-4H3. The van der Waals surface area contributed by atoms with Crippen LogP contribution in [0.15, 0.2) is 48.8 Å². The Labute approximate surface area is 139 Å². The molecule has 1 aromatic heterocycles. The van der Waals surface area contributed by atoms with Gasteiger partial charge in [0.25, 0.3) is 0 Å². The van der Waals surface area contributed by atoms with Crippen molar-refractivity contribution in [2.45, 2.75) is 32.5 Å². The summed E-state index contributed by atoms with van der Waals surface area (Å²) in [4.78, 5) is 6.24. The zero-order valence-corrected chi connectivity index (χ0v) is 14.5. The molecule has 0 aliphatic carbocycles. The third-order valence-corrected chi connectivity index (χ3v) is 4.18. The van der Waals surface area contributed by atoms with Crippen LogP contribution in [0.5, 0.6) is 5.75 Å². The van der Waals surface area contributed by atoms with Gasteiger partial charge >= 0.3 is 0 Å². The van der Waals surface area contributed by atoms with E-state index in [9.17, 15) is 0 Å². The Morgan fingerprint density at radius 1 is 1.00 bits per heavy atom. The van der Waals surface area contributed by atoms with Gasteiger partial charge in [0.2, 0.25) is 0 Å². The molecule has 0 bridgehead atoms. The minimum atomic E-state index is 0.146. The Morgan fingerprint density at radius 3 is 2.26 bits per heavy atom. The highest BCUT2D eigenvalue weighted by molar-refractivity contribution is 5.27. The Hall–Kier alpha value is -1.91. The maximum absolute atomic E-state index is 5.78. The quantitative estimate of drug-likeness (QED) is 0.812. The van der Waals surface area contributed by atoms with Crippen molar-refractivity contribution in [1.29, 1.82) is 0 Å². The van der Waals surface area contributed by atoms with Gasteiger partial charge in [-0.1, -0.05) is 12.1 Å².